The van der Waals surface area contributed by atoms with Gasteiger partial charge in [-0.1, -0.05) is 0 Å². The molecule has 0 aromatic heterocycles. The molecule has 1 heteroatoms. The third-order valence-electron chi connectivity index (χ3n) is 16.7. The zero-order valence-electron chi connectivity index (χ0n) is 11.9. The van der Waals surface area contributed by atoms with Gasteiger partial charge in [0.25, 0.3) is 0 Å². The van der Waals surface area contributed by atoms with Crippen molar-refractivity contribution in [1.29, 1.82) is 0 Å². The summed E-state index contributed by atoms with van der Waals surface area (Å²) in [6.45, 7) is 1.94. The van der Waals surface area contributed by atoms with Gasteiger partial charge in [0, 0.05) is 0 Å². The van der Waals surface area contributed by atoms with Crippen molar-refractivity contribution >= 4 is 0 Å². The average molecular weight is 304 g/mol. The minimum atomic E-state index is -2.93. The number of hydrogen-bond acceptors (Lipinski definition) is 0. The van der Waals surface area contributed by atoms with Crippen molar-refractivity contribution in [3.05, 3.63) is 35.4 Å². The minimum absolute atomic E-state index is 0.742. The molecule has 0 amide bonds. The predicted molar refractivity (Wildman–Crippen MR) is 76.0 cm³/mol. The molecule has 10 aliphatic heterocycles. The predicted octanol–water partition coefficient (Wildman–Crippen LogP) is 5.61. The molecule has 0 radical (unpaired) electrons. The van der Waals surface area contributed by atoms with E-state index in [-0.39, 0.29) is 0 Å². The fraction of sp³-hybridized carbons (Fsp3) is 0.684. The van der Waals surface area contributed by atoms with E-state index in [9.17, 15) is 0 Å². The van der Waals surface area contributed by atoms with Gasteiger partial charge in [-0.25, -0.2) is 0 Å². The van der Waals surface area contributed by atoms with E-state index in [1.807, 2.05) is 5.56 Å². The Hall–Kier alpha value is -0.261. The molecule has 10 heterocycles. The van der Waals surface area contributed by atoms with Crippen LogP contribution in [0.2, 0.25) is 43.3 Å². The van der Waals surface area contributed by atoms with Crippen LogP contribution in [0.25, 0.3) is 0 Å². The normalized spacial score (nSPS) is 103. The summed E-state index contributed by atoms with van der Waals surface area (Å²) in [7, 11) is 0. The molecule has 4 atom stereocenters. The number of benzene rings is 1. The van der Waals surface area contributed by atoms with Crippen molar-refractivity contribution in [3.8, 4) is 0 Å². The second-order valence-corrected chi connectivity index (χ2v) is 36.0. The van der Waals surface area contributed by atoms with Crippen LogP contribution >= 0.6 is 0 Å². The molecule has 0 nitrogen and oxygen atoms in total. The molecule has 1 aromatic rings. The summed E-state index contributed by atoms with van der Waals surface area (Å²) >= 11 is 0. The molecule has 10 fully saturated rings. The Bertz CT molecular complexity index is 1130. The van der Waals surface area contributed by atoms with Crippen molar-refractivity contribution in [1.82, 2.24) is 0 Å². The first kappa shape index (κ1) is 7.84. The van der Waals surface area contributed by atoms with E-state index in [0.29, 0.717) is 0 Å². The first-order valence-electron chi connectivity index (χ1n) is 8.78. The molecule has 20 heavy (non-hydrogen) atoms. The number of fused-ring (bicyclic) bond motifs is 10. The fourth-order valence-electron chi connectivity index (χ4n) is 18.3. The van der Waals surface area contributed by atoms with Crippen molar-refractivity contribution < 1.29 is 6.51 Å². The van der Waals surface area contributed by atoms with Crippen molar-refractivity contribution in [2.45, 2.75) is 67.4 Å². The summed E-state index contributed by atoms with van der Waals surface area (Å²) in [5, 5.41) is 0. The molecule has 11 rings (SSSR count). The Morgan fingerprint density at radius 2 is 1.40 bits per heavy atom. The zero-order valence-corrected chi connectivity index (χ0v) is 13.0. The molecular formula is C19H20Fe. The van der Waals surface area contributed by atoms with E-state index < -0.39 is 6.51 Å². The molecule has 104 valence electrons. The summed E-state index contributed by atoms with van der Waals surface area (Å²) < 4.78 is 0.958. The van der Waals surface area contributed by atoms with Crippen LogP contribution in [0.1, 0.15) is 30.9 Å². The number of rotatable bonds is 2. The molecule has 4 unspecified atom stereocenters. The second kappa shape index (κ2) is 0.716. The third kappa shape index (κ3) is 0.0910. The third-order valence-corrected chi connectivity index (χ3v) is 59.0. The van der Waals surface area contributed by atoms with Crippen LogP contribution in [-0.2, 0) is 10.8 Å². The Labute approximate surface area is 109 Å². The Morgan fingerprint density at radius 3 is 1.80 bits per heavy atom. The van der Waals surface area contributed by atoms with Gasteiger partial charge in [0.05, 0.1) is 0 Å². The zero-order chi connectivity index (χ0) is 12.6. The standard InChI is InChI=1S/C14H15.C5H5.Fe/c1-11(2)13-9-5-6-10-14(13)12-7-3-4-8-12;1-2-4-5-3-1;/h3-11H,1-2H3;1-5H;. The van der Waals surface area contributed by atoms with E-state index in [4.69, 9.17) is 0 Å². The van der Waals surface area contributed by atoms with Gasteiger partial charge in [0.1, 0.15) is 0 Å². The fourth-order valence-corrected chi connectivity index (χ4v) is 92.5. The SMILES string of the molecule is CC(C)c1ccccc1[C]12[CH]3[CH]4[CH]5[CH]1[Fe]45321678[CH]2[CH]1[CH]6[CH]7[CH]28. The van der Waals surface area contributed by atoms with Crippen molar-refractivity contribution in [2.24, 2.45) is 0 Å². The van der Waals surface area contributed by atoms with Crippen LogP contribution in [0.4, 0.5) is 0 Å². The van der Waals surface area contributed by atoms with E-state index in [2.05, 4.69) is 38.1 Å². The van der Waals surface area contributed by atoms with Crippen LogP contribution in [0.5, 0.6) is 0 Å². The van der Waals surface area contributed by atoms with Gasteiger partial charge in [-0.3, -0.25) is 0 Å². The van der Waals surface area contributed by atoms with Crippen molar-refractivity contribution in [3.63, 3.8) is 0 Å². The van der Waals surface area contributed by atoms with Gasteiger partial charge >= 0.3 is 109 Å². The molecule has 0 N–H and O–H groups in total. The molecular weight excluding hydrogens is 284 g/mol. The molecule has 1 spiro atoms. The van der Waals surface area contributed by atoms with Gasteiger partial charge in [-0.05, 0) is 0 Å². The van der Waals surface area contributed by atoms with Gasteiger partial charge in [-0.2, -0.15) is 0 Å². The van der Waals surface area contributed by atoms with Crippen LogP contribution in [0, 0.1) is 0 Å². The maximum absolute atomic E-state index is 2.93. The van der Waals surface area contributed by atoms with E-state index in [0.717, 1.165) is 10.2 Å². The summed E-state index contributed by atoms with van der Waals surface area (Å²) in [4.78, 5) is 13.0. The monoisotopic (exact) mass is 304 g/mol. The summed E-state index contributed by atoms with van der Waals surface area (Å²) in [5.74, 6) is 0.742. The van der Waals surface area contributed by atoms with Crippen LogP contribution in [0.3, 0.4) is 0 Å². The molecule has 0 saturated carbocycles. The first-order chi connectivity index (χ1) is 9.47. The summed E-state index contributed by atoms with van der Waals surface area (Å²) in [6.07, 6.45) is 0. The van der Waals surface area contributed by atoms with Gasteiger partial charge in [-0.15, -0.1) is 0 Å². The van der Waals surface area contributed by atoms with Gasteiger partial charge in [0.15, 0.2) is 0 Å². The number of hydrogen-bond donors (Lipinski definition) is 0. The maximum atomic E-state index is 2.62. The first-order valence-corrected chi connectivity index (χ1v) is 15.1. The molecule has 10 aliphatic rings. The van der Waals surface area contributed by atoms with Crippen LogP contribution < -0.4 is 0 Å². The van der Waals surface area contributed by atoms with E-state index >= 15 is 0 Å². The Balaban J connectivity index is 1.48. The molecule has 1 aromatic carbocycles. The topological polar surface area (TPSA) is 0 Å². The van der Waals surface area contributed by atoms with Crippen LogP contribution in [0.15, 0.2) is 24.3 Å². The van der Waals surface area contributed by atoms with Gasteiger partial charge < -0.3 is 0 Å². The quantitative estimate of drug-likeness (QED) is 0.623. The van der Waals surface area contributed by atoms with E-state index in [1.54, 1.807) is 5.56 Å². The Kier molecular flexibility index (Phi) is 0.281. The van der Waals surface area contributed by atoms with Crippen LogP contribution in [-0.4, -0.2) is 0 Å². The second-order valence-electron chi connectivity index (χ2n) is 12.4. The summed E-state index contributed by atoms with van der Waals surface area (Å²) in [6, 6.07) is 9.81. The summed E-state index contributed by atoms with van der Waals surface area (Å²) in [5.41, 5.74) is 3.72. The molecule has 0 bridgehead atoms. The Morgan fingerprint density at radius 1 is 0.850 bits per heavy atom. The molecule has 10 saturated heterocycles. The van der Waals surface area contributed by atoms with Gasteiger partial charge in [0.2, 0.25) is 0 Å². The molecule has 0 aliphatic carbocycles. The van der Waals surface area contributed by atoms with E-state index in [1.165, 1.54) is 43.3 Å². The average Bonchev–Trinajstić information content (AvgIpc) is 3.39. The van der Waals surface area contributed by atoms with Crippen molar-refractivity contribution in [2.75, 3.05) is 0 Å².